The van der Waals surface area contributed by atoms with Gasteiger partial charge >= 0.3 is 0 Å². The fourth-order valence-corrected chi connectivity index (χ4v) is 4.87. The number of rotatable bonds is 6. The van der Waals surface area contributed by atoms with Crippen molar-refractivity contribution < 1.29 is 9.53 Å². The molecule has 0 bridgehead atoms. The van der Waals surface area contributed by atoms with Crippen molar-refractivity contribution in [3.8, 4) is 16.3 Å². The lowest BCUT2D eigenvalue weighted by Gasteiger charge is -2.34. The number of aromatic nitrogens is 3. The number of carbonyl (C=O) groups is 1. The molecule has 29 heavy (non-hydrogen) atoms. The predicted octanol–water partition coefficient (Wildman–Crippen LogP) is 3.19. The van der Waals surface area contributed by atoms with Crippen molar-refractivity contribution in [3.63, 3.8) is 0 Å². The van der Waals surface area contributed by atoms with Gasteiger partial charge in [0.2, 0.25) is 0 Å². The van der Waals surface area contributed by atoms with E-state index in [1.807, 2.05) is 36.1 Å². The Labute approximate surface area is 178 Å². The van der Waals surface area contributed by atoms with Crippen LogP contribution in [0.5, 0.6) is 5.75 Å². The number of benzene rings is 1. The standard InChI is InChI=1S/C20H23N5O2S2/c1-3-17-18(29-23-22-17)20(26)25-10-8-24(9-11-25)12-15-13-28-19(21-15)14-4-6-16(27-2)7-5-14/h4-7,13H,3,8-12H2,1-2H3. The summed E-state index contributed by atoms with van der Waals surface area (Å²) in [7, 11) is 1.67. The maximum absolute atomic E-state index is 12.7. The van der Waals surface area contributed by atoms with E-state index in [0.29, 0.717) is 4.88 Å². The third-order valence-electron chi connectivity index (χ3n) is 5.02. The summed E-state index contributed by atoms with van der Waals surface area (Å²) >= 11 is 2.86. The molecule has 0 atom stereocenters. The summed E-state index contributed by atoms with van der Waals surface area (Å²) in [6, 6.07) is 7.97. The molecular formula is C20H23N5O2S2. The maximum Gasteiger partial charge on any atom is 0.267 e. The van der Waals surface area contributed by atoms with Gasteiger partial charge in [0.1, 0.15) is 15.6 Å². The first-order valence-electron chi connectivity index (χ1n) is 9.59. The SMILES string of the molecule is CCc1nnsc1C(=O)N1CCN(Cc2csc(-c3ccc(OC)cc3)n2)CC1. The molecule has 1 amide bonds. The molecule has 9 heteroatoms. The number of piperazine rings is 1. The first-order chi connectivity index (χ1) is 14.2. The number of aryl methyl sites for hydroxylation is 1. The van der Waals surface area contributed by atoms with E-state index < -0.39 is 0 Å². The highest BCUT2D eigenvalue weighted by Gasteiger charge is 2.26. The van der Waals surface area contributed by atoms with Crippen LogP contribution >= 0.6 is 22.9 Å². The zero-order chi connectivity index (χ0) is 20.2. The number of amides is 1. The van der Waals surface area contributed by atoms with Crippen molar-refractivity contribution in [2.45, 2.75) is 19.9 Å². The highest BCUT2D eigenvalue weighted by Crippen LogP contribution is 2.26. The van der Waals surface area contributed by atoms with Crippen molar-refractivity contribution in [1.29, 1.82) is 0 Å². The first-order valence-corrected chi connectivity index (χ1v) is 11.2. The number of hydrogen-bond acceptors (Lipinski definition) is 8. The Morgan fingerprint density at radius 2 is 1.93 bits per heavy atom. The van der Waals surface area contributed by atoms with Crippen LogP contribution in [0.25, 0.3) is 10.6 Å². The summed E-state index contributed by atoms with van der Waals surface area (Å²) in [4.78, 5) is 22.5. The molecule has 1 saturated heterocycles. The molecule has 4 rings (SSSR count). The van der Waals surface area contributed by atoms with Crippen molar-refractivity contribution in [2.24, 2.45) is 0 Å². The van der Waals surface area contributed by atoms with Gasteiger partial charge in [-0.3, -0.25) is 9.69 Å². The lowest BCUT2D eigenvalue weighted by Crippen LogP contribution is -2.48. The Balaban J connectivity index is 1.33. The molecule has 0 aliphatic carbocycles. The van der Waals surface area contributed by atoms with Gasteiger partial charge in [0.15, 0.2) is 0 Å². The highest BCUT2D eigenvalue weighted by molar-refractivity contribution is 7.13. The molecule has 1 aliphatic rings. The topological polar surface area (TPSA) is 71.5 Å². The van der Waals surface area contributed by atoms with Crippen LogP contribution < -0.4 is 4.74 Å². The zero-order valence-electron chi connectivity index (χ0n) is 16.5. The first kappa shape index (κ1) is 19.9. The molecule has 0 N–H and O–H groups in total. The summed E-state index contributed by atoms with van der Waals surface area (Å²) in [5.74, 6) is 0.907. The molecule has 1 aliphatic heterocycles. The van der Waals surface area contributed by atoms with Gasteiger partial charge in [0, 0.05) is 43.7 Å². The Morgan fingerprint density at radius 3 is 2.62 bits per heavy atom. The smallest absolute Gasteiger partial charge is 0.267 e. The van der Waals surface area contributed by atoms with Crippen molar-refractivity contribution in [1.82, 2.24) is 24.4 Å². The molecule has 0 unspecified atom stereocenters. The molecule has 1 fully saturated rings. The summed E-state index contributed by atoms with van der Waals surface area (Å²) in [6.45, 7) is 5.92. The second-order valence-electron chi connectivity index (χ2n) is 6.84. The summed E-state index contributed by atoms with van der Waals surface area (Å²) in [5.41, 5.74) is 2.97. The lowest BCUT2D eigenvalue weighted by molar-refractivity contribution is 0.0631. The van der Waals surface area contributed by atoms with Gasteiger partial charge in [-0.2, -0.15) is 0 Å². The van der Waals surface area contributed by atoms with Gasteiger partial charge in [-0.15, -0.1) is 16.4 Å². The molecule has 0 radical (unpaired) electrons. The molecule has 2 aromatic heterocycles. The average Bonchev–Trinajstić information content (AvgIpc) is 3.43. The molecule has 3 aromatic rings. The van der Waals surface area contributed by atoms with E-state index in [4.69, 9.17) is 9.72 Å². The van der Waals surface area contributed by atoms with Crippen LogP contribution in [0.1, 0.15) is 28.0 Å². The fourth-order valence-electron chi connectivity index (χ4n) is 3.33. The van der Waals surface area contributed by atoms with E-state index in [2.05, 4.69) is 19.9 Å². The molecule has 152 valence electrons. The fraction of sp³-hybridized carbons (Fsp3) is 0.400. The third-order valence-corrected chi connectivity index (χ3v) is 6.72. The van der Waals surface area contributed by atoms with Crippen LogP contribution in [0.3, 0.4) is 0 Å². The molecule has 7 nitrogen and oxygen atoms in total. The summed E-state index contributed by atoms with van der Waals surface area (Å²) in [5, 5.41) is 7.19. The predicted molar refractivity (Wildman–Crippen MR) is 115 cm³/mol. The third kappa shape index (κ3) is 4.47. The normalized spacial score (nSPS) is 14.9. The maximum atomic E-state index is 12.7. The number of carbonyl (C=O) groups excluding carboxylic acids is 1. The van der Waals surface area contributed by atoms with Crippen LogP contribution in [0.2, 0.25) is 0 Å². The number of hydrogen-bond donors (Lipinski definition) is 0. The van der Waals surface area contributed by atoms with Crippen LogP contribution in [-0.2, 0) is 13.0 Å². The van der Waals surface area contributed by atoms with Crippen molar-refractivity contribution in [3.05, 3.63) is 45.9 Å². The average molecular weight is 430 g/mol. The van der Waals surface area contributed by atoms with Crippen molar-refractivity contribution in [2.75, 3.05) is 33.3 Å². The van der Waals surface area contributed by atoms with Gasteiger partial charge in [-0.25, -0.2) is 4.98 Å². The van der Waals surface area contributed by atoms with E-state index in [1.54, 1.807) is 18.4 Å². The van der Waals surface area contributed by atoms with Crippen LogP contribution in [0.4, 0.5) is 0 Å². The molecule has 3 heterocycles. The largest absolute Gasteiger partial charge is 0.497 e. The van der Waals surface area contributed by atoms with E-state index in [1.165, 1.54) is 11.5 Å². The lowest BCUT2D eigenvalue weighted by atomic mass is 10.2. The zero-order valence-corrected chi connectivity index (χ0v) is 18.1. The number of methoxy groups -OCH3 is 1. The minimum absolute atomic E-state index is 0.0620. The molecule has 0 saturated carbocycles. The Bertz CT molecular complexity index is 961. The molecule has 0 spiro atoms. The van der Waals surface area contributed by atoms with Crippen molar-refractivity contribution >= 4 is 28.8 Å². The minimum Gasteiger partial charge on any atom is -0.497 e. The number of thiazole rings is 1. The molecular weight excluding hydrogens is 406 g/mol. The second-order valence-corrected chi connectivity index (χ2v) is 8.46. The quantitative estimate of drug-likeness (QED) is 0.599. The Kier molecular flexibility index (Phi) is 6.17. The highest BCUT2D eigenvalue weighted by atomic mass is 32.1. The van der Waals surface area contributed by atoms with Gasteiger partial charge in [-0.1, -0.05) is 11.4 Å². The van der Waals surface area contributed by atoms with Gasteiger partial charge in [-0.05, 0) is 42.2 Å². The summed E-state index contributed by atoms with van der Waals surface area (Å²) < 4.78 is 9.15. The molecule has 1 aromatic carbocycles. The number of nitrogens with zero attached hydrogens (tertiary/aromatic N) is 5. The van der Waals surface area contributed by atoms with Crippen LogP contribution in [0.15, 0.2) is 29.6 Å². The minimum atomic E-state index is 0.0620. The van der Waals surface area contributed by atoms with Gasteiger partial charge in [0.05, 0.1) is 18.5 Å². The number of ether oxygens (including phenoxy) is 1. The van der Waals surface area contributed by atoms with Gasteiger partial charge in [0.25, 0.3) is 5.91 Å². The van der Waals surface area contributed by atoms with E-state index >= 15 is 0 Å². The van der Waals surface area contributed by atoms with E-state index in [-0.39, 0.29) is 5.91 Å². The van der Waals surface area contributed by atoms with E-state index in [9.17, 15) is 4.79 Å². The Morgan fingerprint density at radius 1 is 1.17 bits per heavy atom. The van der Waals surface area contributed by atoms with E-state index in [0.717, 1.165) is 66.9 Å². The van der Waals surface area contributed by atoms with Gasteiger partial charge < -0.3 is 9.64 Å². The van der Waals surface area contributed by atoms with Crippen LogP contribution in [-0.4, -0.2) is 63.6 Å². The monoisotopic (exact) mass is 429 g/mol. The summed E-state index contributed by atoms with van der Waals surface area (Å²) in [6.07, 6.45) is 0.734. The second kappa shape index (κ2) is 8.98. The Hall–Kier alpha value is -2.36. The van der Waals surface area contributed by atoms with Crippen LogP contribution in [0, 0.1) is 0 Å².